The average Bonchev–Trinajstić information content (AvgIpc) is 3.46. The van der Waals surface area contributed by atoms with Crippen LogP contribution in [-0.2, 0) is 13.0 Å². The highest BCUT2D eigenvalue weighted by Crippen LogP contribution is 2.38. The molecule has 0 radical (unpaired) electrons. The number of hydrogen-bond acceptors (Lipinski definition) is 6. The van der Waals surface area contributed by atoms with Crippen molar-refractivity contribution in [1.82, 2.24) is 34.6 Å². The number of nitrogens with one attached hydrogen (secondary N) is 3. The summed E-state index contributed by atoms with van der Waals surface area (Å²) in [7, 11) is 0. The second kappa shape index (κ2) is 7.30. The van der Waals surface area contributed by atoms with Crippen LogP contribution in [0.5, 0.6) is 0 Å². The molecule has 1 aliphatic heterocycles. The maximum Gasteiger partial charge on any atom is 0.278 e. The van der Waals surface area contributed by atoms with Crippen LogP contribution in [0.15, 0.2) is 35.4 Å². The number of anilines is 2. The minimum absolute atomic E-state index is 0.0473. The van der Waals surface area contributed by atoms with E-state index in [9.17, 15) is 4.79 Å². The lowest BCUT2D eigenvalue weighted by Crippen LogP contribution is -2.24. The number of H-pyrrole nitrogens is 1. The van der Waals surface area contributed by atoms with E-state index in [-0.39, 0.29) is 11.6 Å². The van der Waals surface area contributed by atoms with E-state index in [1.165, 1.54) is 11.1 Å². The van der Waals surface area contributed by atoms with Gasteiger partial charge in [-0.15, -0.1) is 0 Å². The molecule has 4 heterocycles. The first-order valence-corrected chi connectivity index (χ1v) is 11.2. The van der Waals surface area contributed by atoms with Gasteiger partial charge >= 0.3 is 0 Å². The molecule has 0 saturated heterocycles. The van der Waals surface area contributed by atoms with Crippen LogP contribution >= 0.6 is 0 Å². The van der Waals surface area contributed by atoms with Crippen molar-refractivity contribution < 1.29 is 0 Å². The first kappa shape index (κ1) is 19.2. The third-order valence-electron chi connectivity index (χ3n) is 6.24. The standard InChI is InChI=1S/C23H26N8O/c1-13(2)30-22(32)18-11-26-23(27-17-6-5-14-7-8-24-10-16(14)9-17)29-21(18)31(30)19-12-25-20(28-19)15-3-4-15/h5-6,9,11-13,15,24H,3-4,7-8,10H2,1-2H3,(H,25,28)(H,26,27,29). The quantitative estimate of drug-likeness (QED) is 0.449. The molecule has 164 valence electrons. The summed E-state index contributed by atoms with van der Waals surface area (Å²) in [5.41, 5.74) is 4.05. The van der Waals surface area contributed by atoms with Gasteiger partial charge in [-0.3, -0.25) is 4.79 Å². The highest BCUT2D eigenvalue weighted by atomic mass is 16.1. The normalized spacial score (nSPS) is 16.0. The van der Waals surface area contributed by atoms with Crippen molar-refractivity contribution >= 4 is 22.7 Å². The number of imidazole rings is 1. The molecule has 0 bridgehead atoms. The average molecular weight is 431 g/mol. The summed E-state index contributed by atoms with van der Waals surface area (Å²) >= 11 is 0. The summed E-state index contributed by atoms with van der Waals surface area (Å²) in [6, 6.07) is 6.31. The molecule has 2 aliphatic rings. The molecule has 0 amide bonds. The number of hydrogen-bond donors (Lipinski definition) is 3. The van der Waals surface area contributed by atoms with Gasteiger partial charge < -0.3 is 15.6 Å². The fourth-order valence-corrected chi connectivity index (χ4v) is 4.44. The second-order valence-corrected chi connectivity index (χ2v) is 8.95. The van der Waals surface area contributed by atoms with E-state index in [4.69, 9.17) is 4.98 Å². The number of aromatic nitrogens is 6. The first-order chi connectivity index (χ1) is 15.6. The van der Waals surface area contributed by atoms with Gasteiger partial charge in [0.1, 0.15) is 11.2 Å². The molecule has 3 aromatic heterocycles. The Morgan fingerprint density at radius 3 is 2.84 bits per heavy atom. The summed E-state index contributed by atoms with van der Waals surface area (Å²) in [6.45, 7) is 5.86. The van der Waals surface area contributed by atoms with E-state index in [0.717, 1.165) is 49.7 Å². The summed E-state index contributed by atoms with van der Waals surface area (Å²) in [5, 5.41) is 7.21. The Hall–Kier alpha value is -3.46. The molecule has 1 aliphatic carbocycles. The lowest BCUT2D eigenvalue weighted by atomic mass is 10.0. The highest BCUT2D eigenvalue weighted by Gasteiger charge is 2.28. The molecule has 0 unspecified atom stereocenters. The van der Waals surface area contributed by atoms with Crippen LogP contribution in [0.1, 0.15) is 55.6 Å². The van der Waals surface area contributed by atoms with E-state index >= 15 is 0 Å². The zero-order chi connectivity index (χ0) is 21.8. The van der Waals surface area contributed by atoms with E-state index < -0.39 is 0 Å². The van der Waals surface area contributed by atoms with Gasteiger partial charge in [0.25, 0.3) is 5.56 Å². The van der Waals surface area contributed by atoms with Crippen molar-refractivity contribution in [2.45, 2.75) is 51.6 Å². The van der Waals surface area contributed by atoms with Gasteiger partial charge in [-0.25, -0.2) is 19.3 Å². The summed E-state index contributed by atoms with van der Waals surface area (Å²) in [6.07, 6.45) is 6.75. The van der Waals surface area contributed by atoms with Crippen molar-refractivity contribution in [2.75, 3.05) is 11.9 Å². The van der Waals surface area contributed by atoms with Gasteiger partial charge in [-0.1, -0.05) is 6.07 Å². The van der Waals surface area contributed by atoms with Gasteiger partial charge in [0.2, 0.25) is 5.95 Å². The van der Waals surface area contributed by atoms with Crippen molar-refractivity contribution in [3.05, 3.63) is 57.9 Å². The summed E-state index contributed by atoms with van der Waals surface area (Å²) < 4.78 is 3.54. The summed E-state index contributed by atoms with van der Waals surface area (Å²) in [4.78, 5) is 30.3. The van der Waals surface area contributed by atoms with Crippen LogP contribution in [0.2, 0.25) is 0 Å². The fourth-order valence-electron chi connectivity index (χ4n) is 4.44. The predicted octanol–water partition coefficient (Wildman–Crippen LogP) is 3.15. The van der Waals surface area contributed by atoms with Crippen LogP contribution in [0.4, 0.5) is 11.6 Å². The number of aromatic amines is 1. The molecule has 0 spiro atoms. The number of rotatable bonds is 5. The lowest BCUT2D eigenvalue weighted by molar-refractivity contribution is 0.472. The van der Waals surface area contributed by atoms with E-state index in [0.29, 0.717) is 22.9 Å². The summed E-state index contributed by atoms with van der Waals surface area (Å²) in [5.74, 6) is 2.67. The molecule has 32 heavy (non-hydrogen) atoms. The van der Waals surface area contributed by atoms with Crippen LogP contribution in [0.3, 0.4) is 0 Å². The van der Waals surface area contributed by atoms with Crippen molar-refractivity contribution in [3.63, 3.8) is 0 Å². The lowest BCUT2D eigenvalue weighted by Gasteiger charge is -2.18. The topological polar surface area (TPSA) is 105 Å². The smallest absolute Gasteiger partial charge is 0.278 e. The Kier molecular flexibility index (Phi) is 4.39. The molecule has 9 heteroatoms. The molecule has 0 atom stereocenters. The van der Waals surface area contributed by atoms with Crippen LogP contribution in [0, 0.1) is 0 Å². The SMILES string of the molecule is CC(C)n1c(=O)c2cnc(Nc3ccc4c(c3)CNCC4)nc2n1-c1cnc(C2CC2)[nH]1. The molecule has 1 aromatic carbocycles. The zero-order valence-electron chi connectivity index (χ0n) is 18.2. The van der Waals surface area contributed by atoms with Gasteiger partial charge in [0, 0.05) is 30.4 Å². The highest BCUT2D eigenvalue weighted by molar-refractivity contribution is 5.77. The molecular formula is C23H26N8O. The third-order valence-corrected chi connectivity index (χ3v) is 6.24. The Labute approximate surface area is 184 Å². The minimum atomic E-state index is -0.107. The number of benzene rings is 1. The molecule has 3 N–H and O–H groups in total. The van der Waals surface area contributed by atoms with Gasteiger partial charge in [0.05, 0.1) is 6.20 Å². The Balaban J connectivity index is 1.44. The molecular weight excluding hydrogens is 404 g/mol. The predicted molar refractivity (Wildman–Crippen MR) is 123 cm³/mol. The molecule has 1 saturated carbocycles. The monoisotopic (exact) mass is 430 g/mol. The first-order valence-electron chi connectivity index (χ1n) is 11.2. The van der Waals surface area contributed by atoms with Crippen molar-refractivity contribution in [3.8, 4) is 5.82 Å². The Bertz CT molecular complexity index is 1370. The van der Waals surface area contributed by atoms with Gasteiger partial charge in [-0.2, -0.15) is 4.98 Å². The van der Waals surface area contributed by atoms with E-state index in [1.54, 1.807) is 17.1 Å². The van der Waals surface area contributed by atoms with Crippen LogP contribution < -0.4 is 16.2 Å². The van der Waals surface area contributed by atoms with Crippen LogP contribution in [-0.4, -0.2) is 35.8 Å². The van der Waals surface area contributed by atoms with Gasteiger partial charge in [-0.05, 0) is 62.9 Å². The van der Waals surface area contributed by atoms with E-state index in [1.807, 2.05) is 18.5 Å². The minimum Gasteiger partial charge on any atom is -0.327 e. The Morgan fingerprint density at radius 1 is 1.16 bits per heavy atom. The zero-order valence-corrected chi connectivity index (χ0v) is 18.2. The Morgan fingerprint density at radius 2 is 2.03 bits per heavy atom. The second-order valence-electron chi connectivity index (χ2n) is 8.95. The third kappa shape index (κ3) is 3.20. The largest absolute Gasteiger partial charge is 0.327 e. The maximum atomic E-state index is 13.1. The van der Waals surface area contributed by atoms with E-state index in [2.05, 4.69) is 43.8 Å². The molecule has 1 fully saturated rings. The van der Waals surface area contributed by atoms with Crippen LogP contribution in [0.25, 0.3) is 16.9 Å². The molecule has 9 nitrogen and oxygen atoms in total. The van der Waals surface area contributed by atoms with Crippen molar-refractivity contribution in [2.24, 2.45) is 0 Å². The maximum absolute atomic E-state index is 13.1. The fraction of sp³-hybridized carbons (Fsp3) is 0.391. The molecule has 4 aromatic rings. The number of nitrogens with zero attached hydrogens (tertiary/aromatic N) is 5. The van der Waals surface area contributed by atoms with Crippen molar-refractivity contribution in [1.29, 1.82) is 0 Å². The number of fused-ring (bicyclic) bond motifs is 2. The molecule has 6 rings (SSSR count). The van der Waals surface area contributed by atoms with Gasteiger partial charge in [0.15, 0.2) is 11.5 Å².